The Labute approximate surface area is 110 Å². The molecule has 1 heterocycles. The van der Waals surface area contributed by atoms with Crippen molar-refractivity contribution in [1.82, 2.24) is 9.97 Å². The molecule has 1 aromatic heterocycles. The average Bonchev–Trinajstić information content (AvgIpc) is 2.27. The first-order valence-electron chi connectivity index (χ1n) is 5.45. The fraction of sp³-hybridized carbons (Fsp3) is 0.545. The lowest BCUT2D eigenvalue weighted by Crippen LogP contribution is -2.39. The van der Waals surface area contributed by atoms with Gasteiger partial charge in [0, 0.05) is 13.1 Å². The molecule has 1 aromatic rings. The predicted molar refractivity (Wildman–Crippen MR) is 66.3 cm³/mol. The Morgan fingerprint density at radius 1 is 1.61 bits per heavy atom. The number of hydrogen-bond acceptors (Lipinski definition) is 4. The van der Waals surface area contributed by atoms with Crippen molar-refractivity contribution in [2.75, 3.05) is 11.9 Å². The van der Waals surface area contributed by atoms with Crippen LogP contribution in [0.5, 0.6) is 0 Å². The van der Waals surface area contributed by atoms with Crippen molar-refractivity contribution in [3.8, 4) is 0 Å². The van der Waals surface area contributed by atoms with Crippen LogP contribution in [0.15, 0.2) is 6.20 Å². The summed E-state index contributed by atoms with van der Waals surface area (Å²) in [5.41, 5.74) is 0. The second kappa shape index (κ2) is 5.95. The molecule has 1 N–H and O–H groups in total. The predicted octanol–water partition coefficient (Wildman–Crippen LogP) is 2.20. The number of carboxylic acid groups (broad SMARTS) is 1. The van der Waals surface area contributed by atoms with Gasteiger partial charge in [0.1, 0.15) is 0 Å². The van der Waals surface area contributed by atoms with Gasteiger partial charge >= 0.3 is 5.97 Å². The van der Waals surface area contributed by atoms with Gasteiger partial charge in [-0.2, -0.15) is 4.98 Å². The molecule has 0 amide bonds. The molecule has 0 radical (unpaired) electrons. The molecule has 0 fully saturated rings. The van der Waals surface area contributed by atoms with Crippen molar-refractivity contribution in [1.29, 1.82) is 0 Å². The quantitative estimate of drug-likeness (QED) is 0.835. The molecule has 0 aliphatic rings. The highest BCUT2D eigenvalue weighted by Gasteiger charge is 2.25. The minimum absolute atomic E-state index is 0.00921. The van der Waals surface area contributed by atoms with E-state index in [-0.39, 0.29) is 29.5 Å². The molecule has 100 valence electrons. The summed E-state index contributed by atoms with van der Waals surface area (Å²) in [6.07, 6.45) is 0.870. The highest BCUT2D eigenvalue weighted by Crippen LogP contribution is 2.23. The van der Waals surface area contributed by atoms with Crippen LogP contribution in [0.4, 0.5) is 10.2 Å². The Morgan fingerprint density at radius 2 is 2.22 bits per heavy atom. The first-order chi connectivity index (χ1) is 8.32. The van der Waals surface area contributed by atoms with E-state index >= 15 is 0 Å². The van der Waals surface area contributed by atoms with Gasteiger partial charge in [0.15, 0.2) is 11.6 Å². The first-order valence-corrected chi connectivity index (χ1v) is 5.83. The average molecular weight is 276 g/mol. The van der Waals surface area contributed by atoms with Gasteiger partial charge in [0.05, 0.1) is 12.6 Å². The van der Waals surface area contributed by atoms with Crippen LogP contribution in [0.1, 0.15) is 20.3 Å². The van der Waals surface area contributed by atoms with Gasteiger partial charge in [-0.25, -0.2) is 9.37 Å². The normalized spacial score (nSPS) is 12.6. The smallest absolute Gasteiger partial charge is 0.305 e. The maximum absolute atomic E-state index is 13.6. The van der Waals surface area contributed by atoms with Gasteiger partial charge in [-0.05, 0) is 17.5 Å². The van der Waals surface area contributed by atoms with Crippen LogP contribution in [-0.4, -0.2) is 34.1 Å². The lowest BCUT2D eigenvalue weighted by Gasteiger charge is -2.31. The number of anilines is 1. The third-order valence-corrected chi connectivity index (χ3v) is 2.86. The summed E-state index contributed by atoms with van der Waals surface area (Å²) in [6, 6.07) is -0.372. The summed E-state index contributed by atoms with van der Waals surface area (Å²) in [6.45, 7) is 3.73. The van der Waals surface area contributed by atoms with E-state index in [4.69, 9.17) is 16.7 Å². The molecule has 1 rings (SSSR count). The number of rotatable bonds is 5. The lowest BCUT2D eigenvalue weighted by atomic mass is 9.99. The molecule has 5 nitrogen and oxygen atoms in total. The van der Waals surface area contributed by atoms with Gasteiger partial charge in [0.2, 0.25) is 5.28 Å². The van der Waals surface area contributed by atoms with Gasteiger partial charge in [-0.1, -0.05) is 13.8 Å². The summed E-state index contributed by atoms with van der Waals surface area (Å²) in [5, 5.41) is 8.80. The Balaban J connectivity index is 3.04. The van der Waals surface area contributed by atoms with Crippen molar-refractivity contribution < 1.29 is 14.3 Å². The van der Waals surface area contributed by atoms with Gasteiger partial charge in [-0.3, -0.25) is 4.79 Å². The molecule has 18 heavy (non-hydrogen) atoms. The summed E-state index contributed by atoms with van der Waals surface area (Å²) in [4.78, 5) is 19.6. The van der Waals surface area contributed by atoms with Crippen molar-refractivity contribution in [2.45, 2.75) is 26.3 Å². The van der Waals surface area contributed by atoms with E-state index in [2.05, 4.69) is 9.97 Å². The van der Waals surface area contributed by atoms with Crippen LogP contribution < -0.4 is 4.90 Å². The number of aliphatic carboxylic acids is 1. The molecule has 0 saturated carbocycles. The Kier molecular flexibility index (Phi) is 4.84. The summed E-state index contributed by atoms with van der Waals surface area (Å²) in [5.74, 6) is -1.53. The second-order valence-corrected chi connectivity index (χ2v) is 4.67. The maximum atomic E-state index is 13.6. The van der Waals surface area contributed by atoms with Crippen LogP contribution in [0, 0.1) is 11.7 Å². The summed E-state index contributed by atoms with van der Waals surface area (Å²) >= 11 is 5.62. The number of aromatic nitrogens is 2. The van der Waals surface area contributed by atoms with E-state index in [0.29, 0.717) is 0 Å². The summed E-state index contributed by atoms with van der Waals surface area (Å²) in [7, 11) is 1.59. The SMILES string of the molecule is CC(C)C(CC(=O)O)N(C)c1nc(Cl)ncc1F. The molecule has 1 atom stereocenters. The number of hydrogen-bond donors (Lipinski definition) is 1. The third kappa shape index (κ3) is 3.53. The molecule has 0 spiro atoms. The molecule has 0 aliphatic carbocycles. The fourth-order valence-electron chi connectivity index (χ4n) is 1.74. The van der Waals surface area contributed by atoms with E-state index < -0.39 is 11.8 Å². The fourth-order valence-corrected chi connectivity index (χ4v) is 1.87. The van der Waals surface area contributed by atoms with E-state index in [9.17, 15) is 9.18 Å². The lowest BCUT2D eigenvalue weighted by molar-refractivity contribution is -0.137. The molecular formula is C11H15ClFN3O2. The van der Waals surface area contributed by atoms with Crippen LogP contribution in [-0.2, 0) is 4.79 Å². The Bertz CT molecular complexity index is 442. The first kappa shape index (κ1) is 14.6. The zero-order chi connectivity index (χ0) is 13.9. The number of halogens is 2. The van der Waals surface area contributed by atoms with E-state index in [1.165, 1.54) is 4.90 Å². The topological polar surface area (TPSA) is 66.3 Å². The number of nitrogens with zero attached hydrogens (tertiary/aromatic N) is 3. The third-order valence-electron chi connectivity index (χ3n) is 2.68. The minimum Gasteiger partial charge on any atom is -0.481 e. The minimum atomic E-state index is -0.943. The van der Waals surface area contributed by atoms with Gasteiger partial charge in [0.25, 0.3) is 0 Å². The molecule has 7 heteroatoms. The molecule has 0 aromatic carbocycles. The van der Waals surface area contributed by atoms with E-state index in [1.54, 1.807) is 7.05 Å². The van der Waals surface area contributed by atoms with Crippen LogP contribution in [0.25, 0.3) is 0 Å². The van der Waals surface area contributed by atoms with E-state index in [0.717, 1.165) is 6.20 Å². The van der Waals surface area contributed by atoms with Gasteiger partial charge in [-0.15, -0.1) is 0 Å². The Morgan fingerprint density at radius 3 is 2.72 bits per heavy atom. The molecule has 0 aliphatic heterocycles. The van der Waals surface area contributed by atoms with Crippen molar-refractivity contribution in [2.24, 2.45) is 5.92 Å². The Hall–Kier alpha value is -1.43. The van der Waals surface area contributed by atoms with Crippen LogP contribution in [0.3, 0.4) is 0 Å². The van der Waals surface area contributed by atoms with Crippen molar-refractivity contribution in [3.63, 3.8) is 0 Å². The monoisotopic (exact) mass is 275 g/mol. The summed E-state index contributed by atoms with van der Waals surface area (Å²) < 4.78 is 13.6. The number of carboxylic acids is 1. The number of carbonyl (C=O) groups is 1. The van der Waals surface area contributed by atoms with Crippen molar-refractivity contribution in [3.05, 3.63) is 17.3 Å². The molecule has 0 bridgehead atoms. The molecule has 0 saturated heterocycles. The second-order valence-electron chi connectivity index (χ2n) is 4.33. The maximum Gasteiger partial charge on any atom is 0.305 e. The standard InChI is InChI=1S/C11H15ClFN3O2/c1-6(2)8(4-9(17)18)16(3)10-7(13)5-14-11(12)15-10/h5-6,8H,4H2,1-3H3,(H,17,18). The largest absolute Gasteiger partial charge is 0.481 e. The highest BCUT2D eigenvalue weighted by atomic mass is 35.5. The molecular weight excluding hydrogens is 261 g/mol. The molecule has 1 unspecified atom stereocenters. The highest BCUT2D eigenvalue weighted by molar-refractivity contribution is 6.28. The van der Waals surface area contributed by atoms with Crippen LogP contribution in [0.2, 0.25) is 5.28 Å². The zero-order valence-electron chi connectivity index (χ0n) is 10.4. The van der Waals surface area contributed by atoms with Crippen molar-refractivity contribution >= 4 is 23.4 Å². The zero-order valence-corrected chi connectivity index (χ0v) is 11.1. The van der Waals surface area contributed by atoms with Crippen LogP contribution >= 0.6 is 11.6 Å². The van der Waals surface area contributed by atoms with E-state index in [1.807, 2.05) is 13.8 Å². The van der Waals surface area contributed by atoms with Gasteiger partial charge < -0.3 is 10.0 Å².